The zero-order valence-corrected chi connectivity index (χ0v) is 20.2. The molecule has 0 saturated heterocycles. The maximum atomic E-state index is 12.3. The van der Waals surface area contributed by atoms with Gasteiger partial charge in [0.1, 0.15) is 5.75 Å². The van der Waals surface area contributed by atoms with Gasteiger partial charge in [-0.3, -0.25) is 4.79 Å². The topological polar surface area (TPSA) is 69.0 Å². The number of carbonyl (C=O) groups is 1. The van der Waals surface area contributed by atoms with E-state index in [2.05, 4.69) is 15.5 Å². The van der Waals surface area contributed by atoms with E-state index in [0.29, 0.717) is 38.3 Å². The summed E-state index contributed by atoms with van der Waals surface area (Å²) in [6, 6.07) is 10.4. The second kappa shape index (κ2) is 10.6. The molecular formula is C21H21Cl3N4O2S. The highest BCUT2D eigenvalue weighted by molar-refractivity contribution is 7.99. The predicted molar refractivity (Wildman–Crippen MR) is 127 cm³/mol. The standard InChI is InChI=1S/C21H21Cl3N4O2S/c1-4-28-20(13(3)30-18-6-5-14(22)7-12(18)2)26-27-21(28)31-11-19(29)25-17-9-15(23)8-16(24)10-17/h5-10,13H,4,11H2,1-3H3,(H,25,29). The first kappa shape index (κ1) is 23.7. The van der Waals surface area contributed by atoms with Gasteiger partial charge >= 0.3 is 0 Å². The van der Waals surface area contributed by atoms with E-state index in [1.807, 2.05) is 37.5 Å². The number of benzene rings is 2. The Morgan fingerprint density at radius 2 is 1.84 bits per heavy atom. The van der Waals surface area contributed by atoms with Gasteiger partial charge in [0.25, 0.3) is 0 Å². The lowest BCUT2D eigenvalue weighted by Crippen LogP contribution is -2.15. The van der Waals surface area contributed by atoms with Crippen molar-refractivity contribution in [3.05, 3.63) is 62.9 Å². The minimum atomic E-state index is -0.330. The number of aryl methyl sites for hydroxylation is 1. The molecule has 0 fully saturated rings. The third-order valence-corrected chi connectivity index (χ3v) is 5.98. The molecule has 31 heavy (non-hydrogen) atoms. The van der Waals surface area contributed by atoms with Gasteiger partial charge in [-0.05, 0) is 62.7 Å². The van der Waals surface area contributed by atoms with E-state index >= 15 is 0 Å². The second-order valence-corrected chi connectivity index (χ2v) is 9.00. The van der Waals surface area contributed by atoms with Crippen LogP contribution in [0.1, 0.15) is 31.3 Å². The number of anilines is 1. The maximum Gasteiger partial charge on any atom is 0.234 e. The average Bonchev–Trinajstić information content (AvgIpc) is 3.10. The third-order valence-electron chi connectivity index (χ3n) is 4.34. The lowest BCUT2D eigenvalue weighted by Gasteiger charge is -2.17. The smallest absolute Gasteiger partial charge is 0.234 e. The van der Waals surface area contributed by atoms with E-state index < -0.39 is 0 Å². The zero-order chi connectivity index (χ0) is 22.5. The molecule has 3 aromatic rings. The average molecular weight is 500 g/mol. The van der Waals surface area contributed by atoms with Crippen molar-refractivity contribution >= 4 is 58.2 Å². The van der Waals surface area contributed by atoms with Crippen molar-refractivity contribution in [2.45, 2.75) is 38.6 Å². The Bertz CT molecular complexity index is 1070. The number of hydrogen-bond acceptors (Lipinski definition) is 5. The number of aromatic nitrogens is 3. The van der Waals surface area contributed by atoms with Crippen LogP contribution in [0.2, 0.25) is 15.1 Å². The number of nitrogens with one attached hydrogen (secondary N) is 1. The number of rotatable bonds is 8. The number of thioether (sulfide) groups is 1. The van der Waals surface area contributed by atoms with E-state index in [9.17, 15) is 4.79 Å². The molecule has 0 bridgehead atoms. The molecule has 1 heterocycles. The Balaban J connectivity index is 1.65. The Labute approximate surface area is 200 Å². The van der Waals surface area contributed by atoms with Gasteiger partial charge in [-0.1, -0.05) is 46.6 Å². The highest BCUT2D eigenvalue weighted by atomic mass is 35.5. The molecule has 3 rings (SSSR count). The van der Waals surface area contributed by atoms with Crippen LogP contribution in [-0.2, 0) is 11.3 Å². The molecule has 1 atom stereocenters. The third kappa shape index (κ3) is 6.29. The molecule has 0 spiro atoms. The first-order valence-corrected chi connectivity index (χ1v) is 11.6. The lowest BCUT2D eigenvalue weighted by atomic mass is 10.2. The van der Waals surface area contributed by atoms with Crippen LogP contribution in [-0.4, -0.2) is 26.4 Å². The fourth-order valence-electron chi connectivity index (χ4n) is 2.95. The van der Waals surface area contributed by atoms with Gasteiger partial charge in [-0.25, -0.2) is 0 Å². The molecule has 0 aliphatic heterocycles. The normalized spacial score (nSPS) is 11.9. The van der Waals surface area contributed by atoms with Crippen LogP contribution in [0.5, 0.6) is 5.75 Å². The van der Waals surface area contributed by atoms with Crippen molar-refractivity contribution in [2.75, 3.05) is 11.1 Å². The van der Waals surface area contributed by atoms with Crippen LogP contribution >= 0.6 is 46.6 Å². The van der Waals surface area contributed by atoms with E-state index in [4.69, 9.17) is 39.5 Å². The van der Waals surface area contributed by atoms with Crippen LogP contribution in [0.4, 0.5) is 5.69 Å². The van der Waals surface area contributed by atoms with Crippen molar-refractivity contribution in [1.29, 1.82) is 0 Å². The van der Waals surface area contributed by atoms with E-state index in [1.165, 1.54) is 11.8 Å². The summed E-state index contributed by atoms with van der Waals surface area (Å²) in [5, 5.41) is 13.5. The van der Waals surface area contributed by atoms with Crippen LogP contribution < -0.4 is 10.1 Å². The number of nitrogens with zero attached hydrogens (tertiary/aromatic N) is 3. The Morgan fingerprint density at radius 3 is 2.48 bits per heavy atom. The molecule has 1 aromatic heterocycles. The largest absolute Gasteiger partial charge is 0.482 e. The minimum absolute atomic E-state index is 0.161. The Morgan fingerprint density at radius 1 is 1.13 bits per heavy atom. The molecule has 0 aliphatic carbocycles. The summed E-state index contributed by atoms with van der Waals surface area (Å²) in [7, 11) is 0. The molecule has 164 valence electrons. The second-order valence-electron chi connectivity index (χ2n) is 6.75. The zero-order valence-electron chi connectivity index (χ0n) is 17.2. The highest BCUT2D eigenvalue weighted by Crippen LogP contribution is 2.28. The maximum absolute atomic E-state index is 12.3. The number of ether oxygens (including phenoxy) is 1. The monoisotopic (exact) mass is 498 g/mol. The molecule has 10 heteroatoms. The van der Waals surface area contributed by atoms with Crippen LogP contribution in [0.25, 0.3) is 0 Å². The predicted octanol–water partition coefficient (Wildman–Crippen LogP) is 6.44. The number of amides is 1. The molecule has 2 aromatic carbocycles. The highest BCUT2D eigenvalue weighted by Gasteiger charge is 2.20. The molecule has 0 saturated carbocycles. The van der Waals surface area contributed by atoms with Crippen LogP contribution in [0.3, 0.4) is 0 Å². The van der Waals surface area contributed by atoms with Gasteiger partial charge in [0, 0.05) is 27.3 Å². The summed E-state index contributed by atoms with van der Waals surface area (Å²) in [6.45, 7) is 6.48. The Hall–Kier alpha value is -1.93. The molecule has 1 N–H and O–H groups in total. The first-order valence-electron chi connectivity index (χ1n) is 9.51. The fourth-order valence-corrected chi connectivity index (χ4v) is 4.51. The summed E-state index contributed by atoms with van der Waals surface area (Å²) in [5.41, 5.74) is 1.48. The molecule has 1 amide bonds. The summed E-state index contributed by atoms with van der Waals surface area (Å²) in [6.07, 6.45) is -0.330. The van der Waals surface area contributed by atoms with Gasteiger partial charge in [0.15, 0.2) is 17.1 Å². The number of halogens is 3. The van der Waals surface area contributed by atoms with Crippen LogP contribution in [0, 0.1) is 6.92 Å². The fraction of sp³-hybridized carbons (Fsp3) is 0.286. The molecule has 1 unspecified atom stereocenters. The molecule has 0 radical (unpaired) electrons. The van der Waals surface area contributed by atoms with E-state index in [-0.39, 0.29) is 17.8 Å². The van der Waals surface area contributed by atoms with E-state index in [1.54, 1.807) is 24.3 Å². The minimum Gasteiger partial charge on any atom is -0.482 e. The van der Waals surface area contributed by atoms with Crippen molar-refractivity contribution in [2.24, 2.45) is 0 Å². The van der Waals surface area contributed by atoms with E-state index in [0.717, 1.165) is 11.3 Å². The molecule has 0 aliphatic rings. The molecule has 6 nitrogen and oxygen atoms in total. The van der Waals surface area contributed by atoms with Gasteiger partial charge < -0.3 is 14.6 Å². The quantitative estimate of drug-likeness (QED) is 0.361. The summed E-state index contributed by atoms with van der Waals surface area (Å²) < 4.78 is 8.01. The molecular weight excluding hydrogens is 479 g/mol. The van der Waals surface area contributed by atoms with Crippen molar-refractivity contribution in [1.82, 2.24) is 14.8 Å². The van der Waals surface area contributed by atoms with Gasteiger partial charge in [0.05, 0.1) is 5.75 Å². The number of hydrogen-bond donors (Lipinski definition) is 1. The van der Waals surface area contributed by atoms with Crippen LogP contribution in [0.15, 0.2) is 41.6 Å². The van der Waals surface area contributed by atoms with Gasteiger partial charge in [0.2, 0.25) is 5.91 Å². The SMILES string of the molecule is CCn1c(SCC(=O)Nc2cc(Cl)cc(Cl)c2)nnc1C(C)Oc1ccc(Cl)cc1C. The van der Waals surface area contributed by atoms with Gasteiger partial charge in [-0.15, -0.1) is 10.2 Å². The Kier molecular flexibility index (Phi) is 8.11. The summed E-state index contributed by atoms with van der Waals surface area (Å²) in [4.78, 5) is 12.3. The number of carbonyl (C=O) groups excluding carboxylic acids is 1. The summed E-state index contributed by atoms with van der Waals surface area (Å²) >= 11 is 19.3. The first-order chi connectivity index (χ1) is 14.8. The van der Waals surface area contributed by atoms with Crippen molar-refractivity contribution < 1.29 is 9.53 Å². The van der Waals surface area contributed by atoms with Crippen molar-refractivity contribution in [3.8, 4) is 5.75 Å². The van der Waals surface area contributed by atoms with Gasteiger partial charge in [-0.2, -0.15) is 0 Å². The van der Waals surface area contributed by atoms with Crippen molar-refractivity contribution in [3.63, 3.8) is 0 Å². The summed E-state index contributed by atoms with van der Waals surface area (Å²) in [5.74, 6) is 1.38. The lowest BCUT2D eigenvalue weighted by molar-refractivity contribution is -0.113.